The monoisotopic (exact) mass is 642 g/mol. The largest absolute Gasteiger partial charge is 0.465 e. The van der Waals surface area contributed by atoms with E-state index >= 15 is 0 Å². The van der Waals surface area contributed by atoms with E-state index < -0.39 is 5.97 Å². The molecule has 0 bridgehead atoms. The molecule has 1 saturated carbocycles. The summed E-state index contributed by atoms with van der Waals surface area (Å²) in [6.45, 7) is 2.34. The first kappa shape index (κ1) is 29.9. The molecule has 0 spiro atoms. The molecule has 2 fully saturated rings. The van der Waals surface area contributed by atoms with E-state index in [-0.39, 0.29) is 17.4 Å². The maximum absolute atomic E-state index is 13.1. The topological polar surface area (TPSA) is 132 Å². The summed E-state index contributed by atoms with van der Waals surface area (Å²) in [5, 5.41) is 5.85. The number of nitrogens with one attached hydrogen (secondary N) is 1. The molecule has 2 aliphatic rings. The first-order valence-corrected chi connectivity index (χ1v) is 16.2. The Hall–Kier alpha value is -4.75. The van der Waals surface area contributed by atoms with Gasteiger partial charge in [-0.1, -0.05) is 18.9 Å². The highest BCUT2D eigenvalue weighted by molar-refractivity contribution is 7.17. The van der Waals surface area contributed by atoms with Crippen molar-refractivity contribution in [2.24, 2.45) is 0 Å². The van der Waals surface area contributed by atoms with Crippen LogP contribution in [0.3, 0.4) is 0 Å². The Morgan fingerprint density at radius 2 is 1.87 bits per heavy atom. The molecule has 1 aliphatic heterocycles. The number of amides is 1. The van der Waals surface area contributed by atoms with Crippen molar-refractivity contribution in [3.8, 4) is 11.1 Å². The van der Waals surface area contributed by atoms with Crippen molar-refractivity contribution < 1.29 is 23.5 Å². The number of carbonyl (C=O) groups is 2. The van der Waals surface area contributed by atoms with Crippen LogP contribution in [0.25, 0.3) is 32.4 Å². The highest BCUT2D eigenvalue weighted by atomic mass is 32.1. The molecule has 0 unspecified atom stereocenters. The van der Waals surface area contributed by atoms with Crippen LogP contribution in [0.15, 0.2) is 51.1 Å². The van der Waals surface area contributed by atoms with Crippen molar-refractivity contribution >= 4 is 62.0 Å². The zero-order chi connectivity index (χ0) is 31.9. The van der Waals surface area contributed by atoms with Gasteiger partial charge in [0, 0.05) is 73.1 Å². The lowest BCUT2D eigenvalue weighted by atomic mass is 10.0. The number of fused-ring (bicyclic) bond motifs is 2. The Kier molecular flexibility index (Phi) is 7.95. The normalized spacial score (nSPS) is 15.5. The van der Waals surface area contributed by atoms with E-state index in [4.69, 9.17) is 18.9 Å². The van der Waals surface area contributed by atoms with Crippen molar-refractivity contribution in [2.75, 3.05) is 57.7 Å². The molecule has 1 aromatic carbocycles. The fourth-order valence-electron chi connectivity index (χ4n) is 6.31. The minimum Gasteiger partial charge on any atom is -0.465 e. The number of nitrogens with zero attached hydrogens (tertiary/aromatic N) is 5. The zero-order valence-electron chi connectivity index (χ0n) is 25.9. The lowest BCUT2D eigenvalue weighted by molar-refractivity contribution is 0.0601. The number of rotatable bonds is 7. The second kappa shape index (κ2) is 12.2. The van der Waals surface area contributed by atoms with Gasteiger partial charge in [0.05, 0.1) is 25.9 Å². The third-order valence-corrected chi connectivity index (χ3v) is 9.59. The minimum atomic E-state index is -0.539. The molecule has 0 radical (unpaired) electrons. The minimum absolute atomic E-state index is 0.0772. The predicted octanol–water partition coefficient (Wildman–Crippen LogP) is 5.45. The molecule has 0 atom stereocenters. The summed E-state index contributed by atoms with van der Waals surface area (Å²) < 4.78 is 19.4. The summed E-state index contributed by atoms with van der Waals surface area (Å²) >= 11 is 1.28. The van der Waals surface area contributed by atoms with Crippen LogP contribution >= 0.6 is 11.3 Å². The van der Waals surface area contributed by atoms with E-state index in [2.05, 4.69) is 14.9 Å². The number of thiophene rings is 1. The average Bonchev–Trinajstić information content (AvgIpc) is 3.83. The fraction of sp³-hybridized carbons (Fsp3) is 0.364. The number of morpholine rings is 1. The summed E-state index contributed by atoms with van der Waals surface area (Å²) in [6.07, 6.45) is 5.90. The van der Waals surface area contributed by atoms with E-state index in [1.807, 2.05) is 22.4 Å². The van der Waals surface area contributed by atoms with E-state index in [1.54, 1.807) is 37.3 Å². The maximum atomic E-state index is 13.1. The van der Waals surface area contributed by atoms with Crippen LogP contribution in [-0.2, 0) is 9.47 Å². The number of benzene rings is 1. The third-order valence-electron chi connectivity index (χ3n) is 8.62. The van der Waals surface area contributed by atoms with Crippen molar-refractivity contribution in [1.82, 2.24) is 19.4 Å². The number of ether oxygens (including phenoxy) is 2. The number of anilines is 3. The van der Waals surface area contributed by atoms with Crippen LogP contribution in [0.5, 0.6) is 0 Å². The Labute approximate surface area is 268 Å². The van der Waals surface area contributed by atoms with Gasteiger partial charge in [0.2, 0.25) is 11.4 Å². The SMILES string of the molecule is COC(=O)c1cc(Nc2ncc3cc(C(=O)N(C)C)n(C4CCCC4)c3n2)ccc1-c1csc2c(=O)cc(N3CCOCC3)oc12. The molecule has 46 heavy (non-hydrogen) atoms. The van der Waals surface area contributed by atoms with Crippen LogP contribution in [0.4, 0.5) is 17.5 Å². The number of carbonyl (C=O) groups excluding carboxylic acids is 2. The lowest BCUT2D eigenvalue weighted by Gasteiger charge is -2.27. The van der Waals surface area contributed by atoms with Gasteiger partial charge in [-0.3, -0.25) is 9.59 Å². The van der Waals surface area contributed by atoms with Gasteiger partial charge in [0.15, 0.2) is 11.5 Å². The number of methoxy groups -OCH3 is 1. The molecule has 7 rings (SSSR count). The van der Waals surface area contributed by atoms with Gasteiger partial charge in [0.25, 0.3) is 5.91 Å². The Bertz CT molecular complexity index is 2020. The van der Waals surface area contributed by atoms with E-state index in [0.29, 0.717) is 82.1 Å². The second-order valence-corrected chi connectivity index (χ2v) is 12.6. The fourth-order valence-corrected chi connectivity index (χ4v) is 7.22. The molecule has 5 heterocycles. The summed E-state index contributed by atoms with van der Waals surface area (Å²) in [4.78, 5) is 52.2. The number of hydrogen-bond acceptors (Lipinski definition) is 11. The van der Waals surface area contributed by atoms with E-state index in [9.17, 15) is 14.4 Å². The highest BCUT2D eigenvalue weighted by Gasteiger charge is 2.27. The smallest absolute Gasteiger partial charge is 0.338 e. The van der Waals surface area contributed by atoms with Gasteiger partial charge in [-0.05, 0) is 31.0 Å². The number of hydrogen-bond donors (Lipinski definition) is 1. The molecule has 1 amide bonds. The molecule has 4 aromatic heterocycles. The van der Waals surface area contributed by atoms with E-state index in [1.165, 1.54) is 24.5 Å². The third kappa shape index (κ3) is 5.39. The van der Waals surface area contributed by atoms with Gasteiger partial charge in [-0.15, -0.1) is 11.3 Å². The molecule has 1 N–H and O–H groups in total. The van der Waals surface area contributed by atoms with Gasteiger partial charge in [0.1, 0.15) is 16.0 Å². The van der Waals surface area contributed by atoms with Crippen molar-refractivity contribution in [2.45, 2.75) is 31.7 Å². The van der Waals surface area contributed by atoms with Gasteiger partial charge in [-0.2, -0.15) is 4.98 Å². The van der Waals surface area contributed by atoms with Crippen molar-refractivity contribution in [1.29, 1.82) is 0 Å². The zero-order valence-corrected chi connectivity index (χ0v) is 26.7. The van der Waals surface area contributed by atoms with Gasteiger partial charge in [-0.25, -0.2) is 9.78 Å². The molecule has 1 aliphatic carbocycles. The Morgan fingerprint density at radius 3 is 2.61 bits per heavy atom. The van der Waals surface area contributed by atoms with Gasteiger partial charge < -0.3 is 33.6 Å². The molecule has 1 saturated heterocycles. The summed E-state index contributed by atoms with van der Waals surface area (Å²) in [5.74, 6) is 0.192. The predicted molar refractivity (Wildman–Crippen MR) is 177 cm³/mol. The summed E-state index contributed by atoms with van der Waals surface area (Å²) in [6, 6.07) is 8.86. The molecule has 238 valence electrons. The molecule has 12 nitrogen and oxygen atoms in total. The molecule has 13 heteroatoms. The standard InChI is InChI=1S/C33H34N6O6S/c1-37(2)31(41)25-14-19-17-34-33(36-30(19)39(25)21-6-4-5-7-21)35-20-8-9-22(23(15-20)32(42)43-3)24-18-46-29-26(40)16-27(45-28(24)29)38-10-12-44-13-11-38/h8-9,14-18,21H,4-7,10-13H2,1-3H3,(H,34,35,36). The van der Waals surface area contributed by atoms with E-state index in [0.717, 1.165) is 31.1 Å². The number of aromatic nitrogens is 3. The molecular formula is C33H34N6O6S. The van der Waals surface area contributed by atoms with Crippen LogP contribution in [0.2, 0.25) is 0 Å². The Balaban J connectivity index is 1.26. The molecular weight excluding hydrogens is 608 g/mol. The summed E-state index contributed by atoms with van der Waals surface area (Å²) in [5.41, 5.74) is 3.64. The van der Waals surface area contributed by atoms with Gasteiger partial charge >= 0.3 is 5.97 Å². The first-order chi connectivity index (χ1) is 22.3. The van der Waals surface area contributed by atoms with Crippen LogP contribution in [-0.4, -0.2) is 78.8 Å². The van der Waals surface area contributed by atoms with Crippen LogP contribution < -0.4 is 15.6 Å². The summed E-state index contributed by atoms with van der Waals surface area (Å²) in [7, 11) is 4.82. The quantitative estimate of drug-likeness (QED) is 0.229. The second-order valence-electron chi connectivity index (χ2n) is 11.7. The van der Waals surface area contributed by atoms with Crippen molar-refractivity contribution in [3.63, 3.8) is 0 Å². The first-order valence-electron chi connectivity index (χ1n) is 15.3. The maximum Gasteiger partial charge on any atom is 0.338 e. The number of esters is 1. The van der Waals surface area contributed by atoms with Crippen LogP contribution in [0, 0.1) is 0 Å². The highest BCUT2D eigenvalue weighted by Crippen LogP contribution is 2.38. The average molecular weight is 643 g/mol. The Morgan fingerprint density at radius 1 is 1.09 bits per heavy atom. The van der Waals surface area contributed by atoms with Crippen molar-refractivity contribution in [3.05, 3.63) is 63.4 Å². The lowest BCUT2D eigenvalue weighted by Crippen LogP contribution is -2.36. The molecule has 5 aromatic rings. The van der Waals surface area contributed by atoms with Crippen LogP contribution in [0.1, 0.15) is 52.6 Å².